The number of benzene rings is 1. The molecule has 0 saturated heterocycles. The molecule has 70 valence electrons. The van der Waals surface area contributed by atoms with Gasteiger partial charge in [-0.1, -0.05) is 25.1 Å². The van der Waals surface area contributed by atoms with E-state index >= 15 is 0 Å². The van der Waals surface area contributed by atoms with Gasteiger partial charge in [0, 0.05) is 6.04 Å². The first-order valence-electron chi connectivity index (χ1n) is 5.16. The molecule has 1 heteroatoms. The van der Waals surface area contributed by atoms with E-state index in [1.54, 1.807) is 5.56 Å². The molecule has 1 aliphatic rings. The van der Waals surface area contributed by atoms with Crippen LogP contribution >= 0.6 is 0 Å². The number of rotatable bonds is 1. The molecule has 1 aliphatic carbocycles. The van der Waals surface area contributed by atoms with Crippen LogP contribution in [0.4, 0.5) is 0 Å². The highest BCUT2D eigenvalue weighted by Crippen LogP contribution is 2.24. The molecule has 0 radical (unpaired) electrons. The summed E-state index contributed by atoms with van der Waals surface area (Å²) in [6.07, 6.45) is 4.56. The lowest BCUT2D eigenvalue weighted by molar-refractivity contribution is 0.573. The Labute approximate surface area is 80.0 Å². The minimum Gasteiger partial charge on any atom is -0.327 e. The van der Waals surface area contributed by atoms with Crippen LogP contribution < -0.4 is 5.73 Å². The van der Waals surface area contributed by atoms with E-state index in [9.17, 15) is 0 Å². The largest absolute Gasteiger partial charge is 0.327 e. The summed E-state index contributed by atoms with van der Waals surface area (Å²) in [5.41, 5.74) is 10.5. The van der Waals surface area contributed by atoms with Gasteiger partial charge in [0.2, 0.25) is 0 Å². The van der Waals surface area contributed by atoms with Crippen molar-refractivity contribution in [2.75, 3.05) is 0 Å². The predicted octanol–water partition coefficient (Wildman–Crippen LogP) is 2.06. The highest BCUT2D eigenvalue weighted by molar-refractivity contribution is 5.37. The topological polar surface area (TPSA) is 26.0 Å². The Morgan fingerprint density at radius 3 is 3.08 bits per heavy atom. The standard InChI is InChI=1S/C12H17N/c1-2-9-4-3-5-10-8-11(13)6-7-12(9)10/h3-5,11H,2,6-8,13H2,1H3/t11-/m0/s1. The molecule has 2 rings (SSSR count). The zero-order chi connectivity index (χ0) is 9.26. The Balaban J connectivity index is 2.39. The van der Waals surface area contributed by atoms with Crippen molar-refractivity contribution in [1.82, 2.24) is 0 Å². The summed E-state index contributed by atoms with van der Waals surface area (Å²) >= 11 is 0. The van der Waals surface area contributed by atoms with Gasteiger partial charge in [-0.3, -0.25) is 0 Å². The molecule has 1 nitrogen and oxygen atoms in total. The van der Waals surface area contributed by atoms with Crippen molar-refractivity contribution >= 4 is 0 Å². The summed E-state index contributed by atoms with van der Waals surface area (Å²) < 4.78 is 0. The van der Waals surface area contributed by atoms with Crippen molar-refractivity contribution in [2.24, 2.45) is 5.73 Å². The molecule has 0 aromatic heterocycles. The third-order valence-electron chi connectivity index (χ3n) is 3.00. The maximum atomic E-state index is 5.94. The van der Waals surface area contributed by atoms with Gasteiger partial charge in [0.25, 0.3) is 0 Å². The van der Waals surface area contributed by atoms with Crippen LogP contribution in [-0.2, 0) is 19.3 Å². The summed E-state index contributed by atoms with van der Waals surface area (Å²) in [5.74, 6) is 0. The van der Waals surface area contributed by atoms with Crippen LogP contribution in [-0.4, -0.2) is 6.04 Å². The molecular formula is C12H17N. The quantitative estimate of drug-likeness (QED) is 0.694. The van der Waals surface area contributed by atoms with Crippen LogP contribution in [0.15, 0.2) is 18.2 Å². The van der Waals surface area contributed by atoms with E-state index in [2.05, 4.69) is 25.1 Å². The normalized spacial score (nSPS) is 21.2. The Kier molecular flexibility index (Phi) is 2.36. The number of aryl methyl sites for hydroxylation is 1. The van der Waals surface area contributed by atoms with E-state index in [1.165, 1.54) is 17.5 Å². The molecule has 1 atom stereocenters. The first-order chi connectivity index (χ1) is 6.31. The molecule has 0 aliphatic heterocycles. The lowest BCUT2D eigenvalue weighted by Gasteiger charge is -2.23. The molecule has 2 N–H and O–H groups in total. The average molecular weight is 175 g/mol. The average Bonchev–Trinajstić information content (AvgIpc) is 2.16. The van der Waals surface area contributed by atoms with Gasteiger partial charge in [-0.25, -0.2) is 0 Å². The molecule has 1 aromatic carbocycles. The molecule has 0 heterocycles. The Hall–Kier alpha value is -0.820. The monoisotopic (exact) mass is 175 g/mol. The summed E-state index contributed by atoms with van der Waals surface area (Å²) in [7, 11) is 0. The van der Waals surface area contributed by atoms with Crippen molar-refractivity contribution in [2.45, 2.75) is 38.6 Å². The summed E-state index contributed by atoms with van der Waals surface area (Å²) in [5, 5.41) is 0. The van der Waals surface area contributed by atoms with E-state index in [4.69, 9.17) is 5.73 Å². The second-order valence-electron chi connectivity index (χ2n) is 3.91. The minimum atomic E-state index is 0.389. The van der Waals surface area contributed by atoms with Crippen LogP contribution in [0.1, 0.15) is 30.0 Å². The molecule has 0 saturated carbocycles. The summed E-state index contributed by atoms with van der Waals surface area (Å²) in [6, 6.07) is 7.03. The van der Waals surface area contributed by atoms with E-state index in [0.29, 0.717) is 6.04 Å². The summed E-state index contributed by atoms with van der Waals surface area (Å²) in [6.45, 7) is 2.23. The van der Waals surface area contributed by atoms with Crippen molar-refractivity contribution in [1.29, 1.82) is 0 Å². The van der Waals surface area contributed by atoms with Gasteiger partial charge in [-0.15, -0.1) is 0 Å². The second kappa shape index (κ2) is 3.51. The lowest BCUT2D eigenvalue weighted by Crippen LogP contribution is -2.28. The zero-order valence-corrected chi connectivity index (χ0v) is 8.22. The molecule has 1 aromatic rings. The second-order valence-corrected chi connectivity index (χ2v) is 3.91. The van der Waals surface area contributed by atoms with Crippen LogP contribution in [0, 0.1) is 0 Å². The third-order valence-corrected chi connectivity index (χ3v) is 3.00. The summed E-state index contributed by atoms with van der Waals surface area (Å²) in [4.78, 5) is 0. The zero-order valence-electron chi connectivity index (χ0n) is 8.22. The van der Waals surface area contributed by atoms with Crippen molar-refractivity contribution < 1.29 is 0 Å². The van der Waals surface area contributed by atoms with Gasteiger partial charge < -0.3 is 5.73 Å². The first kappa shape index (κ1) is 8.76. The maximum absolute atomic E-state index is 5.94. The van der Waals surface area contributed by atoms with Crippen LogP contribution in [0.5, 0.6) is 0 Å². The molecular weight excluding hydrogens is 158 g/mol. The molecule has 0 bridgehead atoms. The van der Waals surface area contributed by atoms with E-state index < -0.39 is 0 Å². The smallest absolute Gasteiger partial charge is 0.00825 e. The number of nitrogens with two attached hydrogens (primary N) is 1. The van der Waals surface area contributed by atoms with Gasteiger partial charge in [0.05, 0.1) is 0 Å². The third kappa shape index (κ3) is 1.61. The van der Waals surface area contributed by atoms with Crippen LogP contribution in [0.25, 0.3) is 0 Å². The van der Waals surface area contributed by atoms with Crippen LogP contribution in [0.3, 0.4) is 0 Å². The van der Waals surface area contributed by atoms with Crippen molar-refractivity contribution in [3.63, 3.8) is 0 Å². The van der Waals surface area contributed by atoms with E-state index in [1.807, 2.05) is 0 Å². The highest BCUT2D eigenvalue weighted by Gasteiger charge is 2.16. The maximum Gasteiger partial charge on any atom is 0.00825 e. The number of hydrogen-bond acceptors (Lipinski definition) is 1. The Morgan fingerprint density at radius 2 is 2.31 bits per heavy atom. The van der Waals surface area contributed by atoms with Gasteiger partial charge in [0.1, 0.15) is 0 Å². The number of hydrogen-bond donors (Lipinski definition) is 1. The molecule has 13 heavy (non-hydrogen) atoms. The Morgan fingerprint density at radius 1 is 1.46 bits per heavy atom. The highest BCUT2D eigenvalue weighted by atomic mass is 14.6. The van der Waals surface area contributed by atoms with Crippen molar-refractivity contribution in [3.05, 3.63) is 34.9 Å². The SMILES string of the molecule is CCc1cccc2c1CC[C@H](N)C2. The van der Waals surface area contributed by atoms with Gasteiger partial charge in [-0.2, -0.15) is 0 Å². The van der Waals surface area contributed by atoms with Gasteiger partial charge in [-0.05, 0) is 42.4 Å². The van der Waals surface area contributed by atoms with E-state index in [-0.39, 0.29) is 0 Å². The molecule has 0 unspecified atom stereocenters. The van der Waals surface area contributed by atoms with Gasteiger partial charge >= 0.3 is 0 Å². The van der Waals surface area contributed by atoms with Crippen LogP contribution in [0.2, 0.25) is 0 Å². The predicted molar refractivity (Wildman–Crippen MR) is 55.8 cm³/mol. The fourth-order valence-corrected chi connectivity index (χ4v) is 2.25. The first-order valence-corrected chi connectivity index (χ1v) is 5.16. The fraction of sp³-hybridized carbons (Fsp3) is 0.500. The van der Waals surface area contributed by atoms with Crippen molar-refractivity contribution in [3.8, 4) is 0 Å². The van der Waals surface area contributed by atoms with E-state index in [0.717, 1.165) is 19.3 Å². The number of fused-ring (bicyclic) bond motifs is 1. The fourth-order valence-electron chi connectivity index (χ4n) is 2.25. The van der Waals surface area contributed by atoms with Gasteiger partial charge in [0.15, 0.2) is 0 Å². The lowest BCUT2D eigenvalue weighted by atomic mass is 9.85. The molecule has 0 fully saturated rings. The minimum absolute atomic E-state index is 0.389. The Bertz CT molecular complexity index is 304. The molecule has 0 spiro atoms. The molecule has 0 amide bonds.